The van der Waals surface area contributed by atoms with Gasteiger partial charge in [0, 0.05) is 17.1 Å². The Kier molecular flexibility index (Phi) is 5.78. The third kappa shape index (κ3) is 5.05. The molecule has 116 valence electrons. The van der Waals surface area contributed by atoms with E-state index < -0.39 is 17.7 Å². The van der Waals surface area contributed by atoms with Crippen LogP contribution in [0.2, 0.25) is 5.02 Å². The molecule has 0 bridgehead atoms. The first-order valence-electron chi connectivity index (χ1n) is 6.95. The van der Waals surface area contributed by atoms with Crippen LogP contribution in [0.4, 0.5) is 4.79 Å². The summed E-state index contributed by atoms with van der Waals surface area (Å²) in [5.74, 6) is -0.139. The molecule has 0 aliphatic heterocycles. The maximum absolute atomic E-state index is 12.4. The van der Waals surface area contributed by atoms with E-state index in [2.05, 4.69) is 0 Å². The van der Waals surface area contributed by atoms with Gasteiger partial charge in [0.1, 0.15) is 5.60 Å². The van der Waals surface area contributed by atoms with E-state index in [4.69, 9.17) is 16.3 Å². The largest absolute Gasteiger partial charge is 0.444 e. The quantitative estimate of drug-likeness (QED) is 0.784. The van der Waals surface area contributed by atoms with Gasteiger partial charge in [-0.3, -0.25) is 9.69 Å². The number of benzene rings is 1. The van der Waals surface area contributed by atoms with Crippen molar-refractivity contribution in [2.75, 3.05) is 6.54 Å². The maximum atomic E-state index is 12.4. The fraction of sp³-hybridized carbons (Fsp3) is 0.500. The Morgan fingerprint density at radius 3 is 2.19 bits per heavy atom. The number of Topliss-reactive ketones (excluding diaryl/α,β-unsaturated/α-hetero) is 1. The van der Waals surface area contributed by atoms with Gasteiger partial charge >= 0.3 is 6.09 Å². The molecule has 0 heterocycles. The molecule has 1 rings (SSSR count). The normalized spacial score (nSPS) is 12.7. The van der Waals surface area contributed by atoms with Gasteiger partial charge in [0.05, 0.1) is 6.04 Å². The Hall–Kier alpha value is -1.55. The number of likely N-dealkylation sites (N-methyl/N-ethyl adjacent to an activating group) is 1. The third-order valence-corrected chi connectivity index (χ3v) is 3.20. The van der Waals surface area contributed by atoms with E-state index in [1.54, 1.807) is 52.0 Å². The summed E-state index contributed by atoms with van der Waals surface area (Å²) >= 11 is 5.81. The lowest BCUT2D eigenvalue weighted by atomic mass is 10.0. The lowest BCUT2D eigenvalue weighted by molar-refractivity contribution is 0.0186. The van der Waals surface area contributed by atoms with Crippen molar-refractivity contribution >= 4 is 23.5 Å². The highest BCUT2D eigenvalue weighted by atomic mass is 35.5. The number of hydrogen-bond acceptors (Lipinski definition) is 3. The minimum absolute atomic E-state index is 0.139. The summed E-state index contributed by atoms with van der Waals surface area (Å²) in [4.78, 5) is 26.0. The van der Waals surface area contributed by atoms with Gasteiger partial charge in [-0.25, -0.2) is 4.79 Å². The van der Waals surface area contributed by atoms with Crippen LogP contribution in [0, 0.1) is 0 Å². The molecular formula is C16H22ClNO3. The van der Waals surface area contributed by atoms with Crippen molar-refractivity contribution in [3.05, 3.63) is 34.9 Å². The molecule has 0 saturated carbocycles. The summed E-state index contributed by atoms with van der Waals surface area (Å²) in [5, 5.41) is 0.568. The molecule has 0 aliphatic carbocycles. The zero-order chi connectivity index (χ0) is 16.2. The van der Waals surface area contributed by atoms with Gasteiger partial charge in [-0.1, -0.05) is 11.6 Å². The number of amides is 1. The van der Waals surface area contributed by atoms with Gasteiger partial charge in [0.2, 0.25) is 0 Å². The van der Waals surface area contributed by atoms with E-state index in [1.807, 2.05) is 6.92 Å². The van der Waals surface area contributed by atoms with Crippen LogP contribution in [0.3, 0.4) is 0 Å². The van der Waals surface area contributed by atoms with Crippen molar-refractivity contribution in [2.45, 2.75) is 46.3 Å². The molecule has 1 amide bonds. The molecule has 1 atom stereocenters. The first kappa shape index (κ1) is 17.5. The van der Waals surface area contributed by atoms with Crippen LogP contribution in [0.25, 0.3) is 0 Å². The average molecular weight is 312 g/mol. The lowest BCUT2D eigenvalue weighted by Gasteiger charge is -2.30. The van der Waals surface area contributed by atoms with Crippen LogP contribution in [0.15, 0.2) is 24.3 Å². The molecule has 21 heavy (non-hydrogen) atoms. The van der Waals surface area contributed by atoms with Gasteiger partial charge in [0.25, 0.3) is 0 Å². The Labute approximate surface area is 131 Å². The van der Waals surface area contributed by atoms with E-state index >= 15 is 0 Å². The Bertz CT molecular complexity index is 505. The fourth-order valence-electron chi connectivity index (χ4n) is 1.88. The Morgan fingerprint density at radius 2 is 1.76 bits per heavy atom. The van der Waals surface area contributed by atoms with E-state index in [0.29, 0.717) is 17.1 Å². The number of halogens is 1. The highest BCUT2D eigenvalue weighted by molar-refractivity contribution is 6.30. The standard InChI is InChI=1S/C16H22ClNO3/c1-6-18(15(20)21-16(3,4)5)11(2)14(19)12-7-9-13(17)10-8-12/h7-11H,6H2,1-5H3/t11-/m0/s1. The molecule has 1 aromatic carbocycles. The second kappa shape index (κ2) is 6.94. The predicted molar refractivity (Wildman–Crippen MR) is 83.9 cm³/mol. The van der Waals surface area contributed by atoms with Crippen molar-refractivity contribution in [3.8, 4) is 0 Å². The molecule has 4 nitrogen and oxygen atoms in total. The van der Waals surface area contributed by atoms with Crippen LogP contribution in [-0.2, 0) is 4.74 Å². The highest BCUT2D eigenvalue weighted by Crippen LogP contribution is 2.16. The fourth-order valence-corrected chi connectivity index (χ4v) is 2.00. The van der Waals surface area contributed by atoms with E-state index in [-0.39, 0.29) is 5.78 Å². The van der Waals surface area contributed by atoms with E-state index in [1.165, 1.54) is 4.90 Å². The summed E-state index contributed by atoms with van der Waals surface area (Å²) in [7, 11) is 0. The third-order valence-electron chi connectivity index (χ3n) is 2.94. The molecule has 0 fully saturated rings. The summed E-state index contributed by atoms with van der Waals surface area (Å²) in [6, 6.07) is 6.04. The van der Waals surface area contributed by atoms with Crippen LogP contribution < -0.4 is 0 Å². The van der Waals surface area contributed by atoms with Gasteiger partial charge in [-0.05, 0) is 58.9 Å². The molecule has 0 spiro atoms. The summed E-state index contributed by atoms with van der Waals surface area (Å²) < 4.78 is 5.33. The molecular weight excluding hydrogens is 290 g/mol. The summed E-state index contributed by atoms with van der Waals surface area (Å²) in [6.07, 6.45) is -0.486. The average Bonchev–Trinajstić information content (AvgIpc) is 2.37. The summed E-state index contributed by atoms with van der Waals surface area (Å²) in [5.41, 5.74) is -0.0676. The van der Waals surface area contributed by atoms with Crippen molar-refractivity contribution in [3.63, 3.8) is 0 Å². The molecule has 1 aromatic rings. The zero-order valence-corrected chi connectivity index (χ0v) is 13.9. The minimum Gasteiger partial charge on any atom is -0.444 e. The molecule has 5 heteroatoms. The minimum atomic E-state index is -0.592. The first-order chi connectivity index (χ1) is 9.65. The Balaban J connectivity index is 2.87. The number of nitrogens with zero attached hydrogens (tertiary/aromatic N) is 1. The molecule has 0 radical (unpaired) electrons. The monoisotopic (exact) mass is 311 g/mol. The molecule has 0 aliphatic rings. The number of carbonyl (C=O) groups is 2. The molecule has 0 unspecified atom stereocenters. The highest BCUT2D eigenvalue weighted by Gasteiger charge is 2.29. The molecule has 0 saturated heterocycles. The van der Waals surface area contributed by atoms with Crippen LogP contribution >= 0.6 is 11.6 Å². The number of hydrogen-bond donors (Lipinski definition) is 0. The van der Waals surface area contributed by atoms with Crippen LogP contribution in [0.5, 0.6) is 0 Å². The summed E-state index contributed by atoms with van der Waals surface area (Å²) in [6.45, 7) is 9.30. The lowest BCUT2D eigenvalue weighted by Crippen LogP contribution is -2.45. The predicted octanol–water partition coefficient (Wildman–Crippen LogP) is 4.17. The van der Waals surface area contributed by atoms with Crippen molar-refractivity contribution in [1.29, 1.82) is 0 Å². The van der Waals surface area contributed by atoms with E-state index in [0.717, 1.165) is 0 Å². The Morgan fingerprint density at radius 1 is 1.24 bits per heavy atom. The zero-order valence-electron chi connectivity index (χ0n) is 13.1. The SMILES string of the molecule is CCN(C(=O)OC(C)(C)C)[C@@H](C)C(=O)c1ccc(Cl)cc1. The molecule has 0 aromatic heterocycles. The maximum Gasteiger partial charge on any atom is 0.410 e. The van der Waals surface area contributed by atoms with E-state index in [9.17, 15) is 9.59 Å². The van der Waals surface area contributed by atoms with Crippen molar-refractivity contribution in [2.24, 2.45) is 0 Å². The van der Waals surface area contributed by atoms with Crippen LogP contribution in [-0.4, -0.2) is 35.0 Å². The number of rotatable bonds is 4. The second-order valence-corrected chi connectivity index (χ2v) is 6.25. The topological polar surface area (TPSA) is 46.6 Å². The second-order valence-electron chi connectivity index (χ2n) is 5.81. The van der Waals surface area contributed by atoms with Gasteiger partial charge in [0.15, 0.2) is 5.78 Å². The number of carbonyl (C=O) groups excluding carboxylic acids is 2. The first-order valence-corrected chi connectivity index (χ1v) is 7.33. The van der Waals surface area contributed by atoms with Gasteiger partial charge < -0.3 is 4.74 Å². The van der Waals surface area contributed by atoms with Crippen molar-refractivity contribution < 1.29 is 14.3 Å². The van der Waals surface area contributed by atoms with Crippen LogP contribution in [0.1, 0.15) is 45.0 Å². The molecule has 0 N–H and O–H groups in total. The van der Waals surface area contributed by atoms with Gasteiger partial charge in [-0.15, -0.1) is 0 Å². The van der Waals surface area contributed by atoms with Gasteiger partial charge in [-0.2, -0.15) is 0 Å². The number of ketones is 1. The smallest absolute Gasteiger partial charge is 0.410 e. The van der Waals surface area contributed by atoms with Crippen molar-refractivity contribution in [1.82, 2.24) is 4.90 Å². The number of ether oxygens (including phenoxy) is 1.